The standard InChI is InChI=1S/C25H33N7O3/c1-25(2,34)6-7-29-16-17-12-22(23(13-19(17)28)32-8-10-35-11-9-32)31-24(33)21-5-3-4-20(30-21)18(14-26)15-27/h3-5,12-16,26,34H,6-11,27-28H2,1-2H3,(H,31,33)/b18-15+,26-14?,29-16?. The van der Waals surface area contributed by atoms with Crippen LogP contribution in [0.3, 0.4) is 0 Å². The number of benzene rings is 1. The maximum atomic E-state index is 13.2. The molecule has 1 saturated heterocycles. The van der Waals surface area contributed by atoms with Gasteiger partial charge in [-0.3, -0.25) is 9.79 Å². The van der Waals surface area contributed by atoms with Gasteiger partial charge in [-0.2, -0.15) is 0 Å². The van der Waals surface area contributed by atoms with Gasteiger partial charge in [0.1, 0.15) is 5.69 Å². The molecule has 1 aromatic heterocycles. The maximum Gasteiger partial charge on any atom is 0.274 e. The highest BCUT2D eigenvalue weighted by molar-refractivity contribution is 6.09. The Morgan fingerprint density at radius 3 is 2.69 bits per heavy atom. The number of aromatic nitrogens is 1. The van der Waals surface area contributed by atoms with E-state index in [-0.39, 0.29) is 5.69 Å². The normalized spacial score (nSPS) is 14.8. The number of rotatable bonds is 9. The van der Waals surface area contributed by atoms with Gasteiger partial charge in [0, 0.05) is 55.1 Å². The molecule has 0 radical (unpaired) electrons. The monoisotopic (exact) mass is 479 g/mol. The number of carbonyl (C=O) groups excluding carboxylic acids is 1. The van der Waals surface area contributed by atoms with E-state index in [1.807, 2.05) is 6.07 Å². The van der Waals surface area contributed by atoms with Gasteiger partial charge in [-0.25, -0.2) is 4.98 Å². The van der Waals surface area contributed by atoms with Crippen molar-refractivity contribution in [1.29, 1.82) is 5.41 Å². The van der Waals surface area contributed by atoms with Gasteiger partial charge < -0.3 is 36.9 Å². The second-order valence-electron chi connectivity index (χ2n) is 8.82. The van der Waals surface area contributed by atoms with E-state index >= 15 is 0 Å². The number of nitrogens with one attached hydrogen (secondary N) is 2. The molecule has 10 nitrogen and oxygen atoms in total. The van der Waals surface area contributed by atoms with Crippen molar-refractivity contribution >= 4 is 41.0 Å². The molecule has 7 N–H and O–H groups in total. The lowest BCUT2D eigenvalue weighted by Gasteiger charge is -2.31. The molecule has 1 amide bonds. The fraction of sp³-hybridized carbons (Fsp3) is 0.360. The van der Waals surface area contributed by atoms with E-state index in [1.165, 1.54) is 6.20 Å². The van der Waals surface area contributed by atoms with Crippen LogP contribution in [-0.2, 0) is 4.74 Å². The van der Waals surface area contributed by atoms with Crippen molar-refractivity contribution in [3.8, 4) is 0 Å². The molecule has 1 aliphatic heterocycles. The predicted molar refractivity (Wildman–Crippen MR) is 140 cm³/mol. The third-order valence-corrected chi connectivity index (χ3v) is 5.50. The molecule has 1 fully saturated rings. The van der Waals surface area contributed by atoms with Gasteiger partial charge in [-0.1, -0.05) is 6.07 Å². The molecule has 1 aromatic carbocycles. The van der Waals surface area contributed by atoms with Crippen LogP contribution in [0, 0.1) is 5.41 Å². The summed E-state index contributed by atoms with van der Waals surface area (Å²) in [6.07, 6.45) is 4.53. The van der Waals surface area contributed by atoms with E-state index in [0.29, 0.717) is 67.5 Å². The summed E-state index contributed by atoms with van der Waals surface area (Å²) >= 11 is 0. The minimum atomic E-state index is -0.805. The number of aliphatic hydroxyl groups is 1. The van der Waals surface area contributed by atoms with Crippen LogP contribution in [0.25, 0.3) is 5.57 Å². The first-order valence-electron chi connectivity index (χ1n) is 11.4. The summed E-state index contributed by atoms with van der Waals surface area (Å²) in [6, 6.07) is 8.59. The second-order valence-corrected chi connectivity index (χ2v) is 8.82. The lowest BCUT2D eigenvalue weighted by Crippen LogP contribution is -2.37. The predicted octanol–water partition coefficient (Wildman–Crippen LogP) is 2.28. The number of hydrogen-bond acceptors (Lipinski definition) is 9. The number of aliphatic imine (C=N–C) groups is 1. The molecule has 0 aliphatic carbocycles. The molecule has 10 heteroatoms. The molecule has 0 saturated carbocycles. The lowest BCUT2D eigenvalue weighted by atomic mass is 10.1. The minimum absolute atomic E-state index is 0.189. The van der Waals surface area contributed by atoms with Gasteiger partial charge in [-0.15, -0.1) is 0 Å². The number of morpholine rings is 1. The maximum absolute atomic E-state index is 13.2. The van der Waals surface area contributed by atoms with Gasteiger partial charge in [0.25, 0.3) is 5.91 Å². The summed E-state index contributed by atoms with van der Waals surface area (Å²) in [6.45, 7) is 6.40. The number of anilines is 3. The molecule has 186 valence electrons. The van der Waals surface area contributed by atoms with Crippen LogP contribution < -0.4 is 21.7 Å². The van der Waals surface area contributed by atoms with E-state index in [0.717, 1.165) is 11.9 Å². The summed E-state index contributed by atoms with van der Waals surface area (Å²) in [5, 5.41) is 20.3. The zero-order chi connectivity index (χ0) is 25.4. The smallest absolute Gasteiger partial charge is 0.274 e. The highest BCUT2D eigenvalue weighted by Gasteiger charge is 2.20. The Kier molecular flexibility index (Phi) is 8.56. The van der Waals surface area contributed by atoms with Crippen molar-refractivity contribution < 1.29 is 14.6 Å². The van der Waals surface area contributed by atoms with Crippen LogP contribution in [-0.4, -0.2) is 66.9 Å². The Bertz CT molecular complexity index is 1120. The number of nitrogens with two attached hydrogens (primary N) is 2. The van der Waals surface area contributed by atoms with Crippen molar-refractivity contribution in [3.63, 3.8) is 0 Å². The van der Waals surface area contributed by atoms with Crippen LogP contribution in [0.1, 0.15) is 42.0 Å². The lowest BCUT2D eigenvalue weighted by molar-refractivity contribution is 0.0739. The number of hydrogen-bond donors (Lipinski definition) is 5. The summed E-state index contributed by atoms with van der Waals surface area (Å²) in [5.74, 6) is -0.405. The number of carbonyl (C=O) groups is 1. The number of pyridine rings is 1. The Morgan fingerprint density at radius 1 is 1.31 bits per heavy atom. The van der Waals surface area contributed by atoms with Gasteiger partial charge >= 0.3 is 0 Å². The third-order valence-electron chi connectivity index (χ3n) is 5.50. The summed E-state index contributed by atoms with van der Waals surface area (Å²) in [5.41, 5.74) is 14.7. The van der Waals surface area contributed by atoms with Crippen LogP contribution in [0.15, 0.2) is 41.5 Å². The first-order valence-corrected chi connectivity index (χ1v) is 11.4. The highest BCUT2D eigenvalue weighted by Crippen LogP contribution is 2.32. The van der Waals surface area contributed by atoms with Crippen LogP contribution >= 0.6 is 0 Å². The largest absolute Gasteiger partial charge is 0.404 e. The molecular formula is C25H33N7O3. The zero-order valence-corrected chi connectivity index (χ0v) is 20.1. The quantitative estimate of drug-likeness (QED) is 0.272. The molecule has 2 heterocycles. The molecule has 0 atom stereocenters. The number of nitrogen functional groups attached to an aromatic ring is 1. The van der Waals surface area contributed by atoms with Gasteiger partial charge in [0.15, 0.2) is 0 Å². The fourth-order valence-corrected chi connectivity index (χ4v) is 3.52. The fourth-order valence-electron chi connectivity index (χ4n) is 3.52. The van der Waals surface area contributed by atoms with E-state index in [9.17, 15) is 9.90 Å². The molecule has 1 aliphatic rings. The van der Waals surface area contributed by atoms with Crippen LogP contribution in [0.4, 0.5) is 17.1 Å². The van der Waals surface area contributed by atoms with Crippen molar-refractivity contribution in [1.82, 2.24) is 4.98 Å². The first-order chi connectivity index (χ1) is 16.7. The molecule has 0 bridgehead atoms. The highest BCUT2D eigenvalue weighted by atomic mass is 16.5. The van der Waals surface area contributed by atoms with Gasteiger partial charge in [0.2, 0.25) is 0 Å². The number of amides is 1. The minimum Gasteiger partial charge on any atom is -0.404 e. The molecule has 2 aromatic rings. The first kappa shape index (κ1) is 25.9. The summed E-state index contributed by atoms with van der Waals surface area (Å²) < 4.78 is 5.47. The Hall–Kier alpha value is -3.76. The average molecular weight is 480 g/mol. The zero-order valence-electron chi connectivity index (χ0n) is 20.1. The van der Waals surface area contributed by atoms with Crippen LogP contribution in [0.2, 0.25) is 0 Å². The number of ether oxygens (including phenoxy) is 1. The molecule has 0 unspecified atom stereocenters. The Balaban J connectivity index is 1.92. The van der Waals surface area contributed by atoms with E-state index in [4.69, 9.17) is 21.6 Å². The molecule has 3 rings (SSSR count). The second kappa shape index (κ2) is 11.6. The Morgan fingerprint density at radius 2 is 2.03 bits per heavy atom. The van der Waals surface area contributed by atoms with E-state index < -0.39 is 11.5 Å². The summed E-state index contributed by atoms with van der Waals surface area (Å²) in [4.78, 5) is 24.0. The van der Waals surface area contributed by atoms with Gasteiger partial charge in [-0.05, 0) is 44.5 Å². The molecular weight excluding hydrogens is 446 g/mol. The Labute approximate surface area is 205 Å². The van der Waals surface area contributed by atoms with E-state index in [1.54, 1.807) is 44.3 Å². The van der Waals surface area contributed by atoms with Crippen molar-refractivity contribution in [2.24, 2.45) is 10.7 Å². The number of nitrogens with zero attached hydrogens (tertiary/aromatic N) is 3. The SMILES string of the molecule is CC(C)(O)CCN=Cc1cc(NC(=O)c2cccc(/C(C=N)=C/N)n2)c(N2CCOCC2)cc1N. The van der Waals surface area contributed by atoms with Crippen LogP contribution in [0.5, 0.6) is 0 Å². The average Bonchev–Trinajstić information content (AvgIpc) is 2.84. The third kappa shape index (κ3) is 7.11. The van der Waals surface area contributed by atoms with Crippen molar-refractivity contribution in [2.75, 3.05) is 48.8 Å². The van der Waals surface area contributed by atoms with Crippen molar-refractivity contribution in [3.05, 3.63) is 53.5 Å². The number of allylic oxidation sites excluding steroid dienone is 1. The van der Waals surface area contributed by atoms with Crippen molar-refractivity contribution in [2.45, 2.75) is 25.9 Å². The topological polar surface area (TPSA) is 163 Å². The summed E-state index contributed by atoms with van der Waals surface area (Å²) in [7, 11) is 0. The van der Waals surface area contributed by atoms with Gasteiger partial charge in [0.05, 0.1) is 35.9 Å². The molecule has 0 spiro atoms. The van der Waals surface area contributed by atoms with E-state index in [2.05, 4.69) is 20.2 Å². The molecule has 35 heavy (non-hydrogen) atoms.